The van der Waals surface area contributed by atoms with Crippen molar-refractivity contribution in [2.24, 2.45) is 5.92 Å². The topological polar surface area (TPSA) is 12.0 Å². The molecule has 0 aromatic carbocycles. The maximum atomic E-state index is 3.96. The summed E-state index contributed by atoms with van der Waals surface area (Å²) in [6, 6.07) is 1.71. The fourth-order valence-electron chi connectivity index (χ4n) is 3.84. The van der Waals surface area contributed by atoms with Crippen LogP contribution in [-0.2, 0) is 0 Å². The summed E-state index contributed by atoms with van der Waals surface area (Å²) in [5.41, 5.74) is 0. The van der Waals surface area contributed by atoms with Crippen LogP contribution in [0.15, 0.2) is 0 Å². The van der Waals surface area contributed by atoms with Gasteiger partial charge in [0.05, 0.1) is 0 Å². The Morgan fingerprint density at radius 2 is 1.47 bits per heavy atom. The average Bonchev–Trinajstić information content (AvgIpc) is 2.57. The first-order valence-electron chi connectivity index (χ1n) is 8.14. The fourth-order valence-corrected chi connectivity index (χ4v) is 3.84. The Labute approximate surface area is 108 Å². The largest absolute Gasteiger partial charge is 0.311 e. The lowest BCUT2D eigenvalue weighted by atomic mass is 9.93. The van der Waals surface area contributed by atoms with Crippen LogP contribution in [0.2, 0.25) is 0 Å². The zero-order valence-corrected chi connectivity index (χ0v) is 11.7. The van der Waals surface area contributed by atoms with Gasteiger partial charge in [0.2, 0.25) is 0 Å². The first kappa shape index (κ1) is 13.4. The summed E-state index contributed by atoms with van der Waals surface area (Å²) in [6.45, 7) is 2.34. The van der Waals surface area contributed by atoms with E-state index in [4.69, 9.17) is 0 Å². The lowest BCUT2D eigenvalue weighted by Crippen LogP contribution is -2.39. The minimum Gasteiger partial charge on any atom is -0.311 e. The van der Waals surface area contributed by atoms with Crippen molar-refractivity contribution in [3.05, 3.63) is 0 Å². The molecule has 1 heteroatoms. The van der Waals surface area contributed by atoms with Gasteiger partial charge in [-0.05, 0) is 38.0 Å². The van der Waals surface area contributed by atoms with Crippen LogP contribution in [0.25, 0.3) is 0 Å². The molecule has 0 bridgehead atoms. The molecular formula is C16H31N. The van der Waals surface area contributed by atoms with Crippen LogP contribution in [-0.4, -0.2) is 12.1 Å². The molecule has 1 N–H and O–H groups in total. The van der Waals surface area contributed by atoms with Gasteiger partial charge in [0.25, 0.3) is 0 Å². The highest BCUT2D eigenvalue weighted by Gasteiger charge is 2.21. The van der Waals surface area contributed by atoms with Crippen LogP contribution in [0.4, 0.5) is 0 Å². The number of hydrogen-bond acceptors (Lipinski definition) is 1. The summed E-state index contributed by atoms with van der Waals surface area (Å²) in [7, 11) is 0. The maximum Gasteiger partial charge on any atom is 0.00697 e. The van der Waals surface area contributed by atoms with Gasteiger partial charge in [-0.15, -0.1) is 0 Å². The van der Waals surface area contributed by atoms with Crippen molar-refractivity contribution in [1.29, 1.82) is 0 Å². The molecule has 0 aromatic rings. The van der Waals surface area contributed by atoms with Gasteiger partial charge < -0.3 is 5.32 Å². The van der Waals surface area contributed by atoms with Crippen molar-refractivity contribution in [2.75, 3.05) is 0 Å². The van der Waals surface area contributed by atoms with Gasteiger partial charge in [-0.2, -0.15) is 0 Å². The highest BCUT2D eigenvalue weighted by molar-refractivity contribution is 4.80. The van der Waals surface area contributed by atoms with E-state index in [1.54, 1.807) is 0 Å². The molecule has 2 unspecified atom stereocenters. The Morgan fingerprint density at radius 3 is 2.24 bits per heavy atom. The molecule has 0 aliphatic heterocycles. The molecule has 0 aromatic heterocycles. The summed E-state index contributed by atoms with van der Waals surface area (Å²) in [4.78, 5) is 0. The molecule has 2 atom stereocenters. The minimum absolute atomic E-state index is 0.847. The standard InChI is InChI=1S/C16H31N/c1-2-7-14-8-6-11-16(13-12-14)17-15-9-4-3-5-10-15/h14-17H,2-13H2,1H3. The van der Waals surface area contributed by atoms with E-state index in [2.05, 4.69) is 12.2 Å². The first-order chi connectivity index (χ1) is 8.38. The minimum atomic E-state index is 0.847. The van der Waals surface area contributed by atoms with Crippen molar-refractivity contribution in [3.63, 3.8) is 0 Å². The number of hydrogen-bond donors (Lipinski definition) is 1. The van der Waals surface area contributed by atoms with Crippen molar-refractivity contribution >= 4 is 0 Å². The first-order valence-corrected chi connectivity index (χ1v) is 8.14. The molecule has 2 aliphatic carbocycles. The third-order valence-electron chi connectivity index (χ3n) is 4.86. The average molecular weight is 237 g/mol. The van der Waals surface area contributed by atoms with Crippen LogP contribution in [0, 0.1) is 5.92 Å². The van der Waals surface area contributed by atoms with E-state index in [1.807, 2.05) is 0 Å². The van der Waals surface area contributed by atoms with Crippen molar-refractivity contribution in [2.45, 2.75) is 96.1 Å². The Balaban J connectivity index is 1.70. The Morgan fingerprint density at radius 1 is 0.765 bits per heavy atom. The van der Waals surface area contributed by atoms with Crippen LogP contribution in [0.3, 0.4) is 0 Å². The summed E-state index contributed by atoms with van der Waals surface area (Å²) in [5.74, 6) is 1.04. The normalized spacial score (nSPS) is 32.3. The van der Waals surface area contributed by atoms with Gasteiger partial charge in [-0.1, -0.05) is 51.9 Å². The van der Waals surface area contributed by atoms with Crippen molar-refractivity contribution in [1.82, 2.24) is 5.32 Å². The Kier molecular flexibility index (Phi) is 5.84. The Bertz CT molecular complexity index is 196. The van der Waals surface area contributed by atoms with E-state index in [1.165, 1.54) is 77.0 Å². The maximum absolute atomic E-state index is 3.96. The fraction of sp³-hybridized carbons (Fsp3) is 1.00. The predicted molar refractivity (Wildman–Crippen MR) is 75.3 cm³/mol. The van der Waals surface area contributed by atoms with E-state index >= 15 is 0 Å². The van der Waals surface area contributed by atoms with Crippen molar-refractivity contribution < 1.29 is 0 Å². The van der Waals surface area contributed by atoms with Crippen LogP contribution in [0.5, 0.6) is 0 Å². The molecule has 2 saturated carbocycles. The summed E-state index contributed by atoms with van der Waals surface area (Å²) in [6.07, 6.45) is 17.5. The molecule has 17 heavy (non-hydrogen) atoms. The lowest BCUT2D eigenvalue weighted by molar-refractivity contribution is 0.317. The summed E-state index contributed by atoms with van der Waals surface area (Å²) >= 11 is 0. The second-order valence-corrected chi connectivity index (χ2v) is 6.36. The highest BCUT2D eigenvalue weighted by Crippen LogP contribution is 2.28. The molecule has 0 heterocycles. The van der Waals surface area contributed by atoms with E-state index in [0.717, 1.165) is 18.0 Å². The van der Waals surface area contributed by atoms with Crippen LogP contribution < -0.4 is 5.32 Å². The third kappa shape index (κ3) is 4.62. The highest BCUT2D eigenvalue weighted by atomic mass is 14.9. The molecule has 100 valence electrons. The Hall–Kier alpha value is -0.0400. The monoisotopic (exact) mass is 237 g/mol. The van der Waals surface area contributed by atoms with Crippen LogP contribution >= 0.6 is 0 Å². The van der Waals surface area contributed by atoms with Gasteiger partial charge in [0.15, 0.2) is 0 Å². The predicted octanol–water partition coefficient (Wildman–Crippen LogP) is 4.66. The van der Waals surface area contributed by atoms with Crippen molar-refractivity contribution in [3.8, 4) is 0 Å². The second kappa shape index (κ2) is 7.41. The van der Waals surface area contributed by atoms with Gasteiger partial charge >= 0.3 is 0 Å². The van der Waals surface area contributed by atoms with E-state index < -0.39 is 0 Å². The zero-order valence-electron chi connectivity index (χ0n) is 11.7. The third-order valence-corrected chi connectivity index (χ3v) is 4.86. The van der Waals surface area contributed by atoms with Gasteiger partial charge in [-0.3, -0.25) is 0 Å². The van der Waals surface area contributed by atoms with Gasteiger partial charge in [0, 0.05) is 12.1 Å². The smallest absolute Gasteiger partial charge is 0.00697 e. The molecule has 0 radical (unpaired) electrons. The SMILES string of the molecule is CCCC1CCCC(NC2CCCCC2)CC1. The van der Waals surface area contributed by atoms with Gasteiger partial charge in [0.1, 0.15) is 0 Å². The number of rotatable bonds is 4. The molecule has 2 aliphatic rings. The lowest BCUT2D eigenvalue weighted by Gasteiger charge is -2.28. The molecule has 2 fully saturated rings. The molecule has 0 spiro atoms. The quantitative estimate of drug-likeness (QED) is 0.701. The van der Waals surface area contributed by atoms with Crippen LogP contribution in [0.1, 0.15) is 84.0 Å². The van der Waals surface area contributed by atoms with Gasteiger partial charge in [-0.25, -0.2) is 0 Å². The zero-order chi connectivity index (χ0) is 11.9. The molecule has 0 amide bonds. The molecule has 2 rings (SSSR count). The summed E-state index contributed by atoms with van der Waals surface area (Å²) in [5, 5.41) is 3.96. The second-order valence-electron chi connectivity index (χ2n) is 6.36. The number of nitrogens with one attached hydrogen (secondary N) is 1. The molecule has 1 nitrogen and oxygen atoms in total. The summed E-state index contributed by atoms with van der Waals surface area (Å²) < 4.78 is 0. The molecule has 0 saturated heterocycles. The van der Waals surface area contributed by atoms with E-state index in [9.17, 15) is 0 Å². The van der Waals surface area contributed by atoms with E-state index in [0.29, 0.717) is 0 Å². The van der Waals surface area contributed by atoms with E-state index in [-0.39, 0.29) is 0 Å². The molecular weight excluding hydrogens is 206 g/mol.